The van der Waals surface area contributed by atoms with Gasteiger partial charge in [0.2, 0.25) is 5.91 Å². The molecule has 0 spiro atoms. The molecule has 0 saturated carbocycles. The molecule has 1 N–H and O–H groups in total. The molecule has 1 aliphatic rings. The van der Waals surface area contributed by atoms with Crippen LogP contribution in [-0.2, 0) is 4.79 Å². The maximum absolute atomic E-state index is 12.5. The third kappa shape index (κ3) is 3.74. The Morgan fingerprint density at radius 2 is 2.21 bits per heavy atom. The van der Waals surface area contributed by atoms with Crippen molar-refractivity contribution in [3.63, 3.8) is 0 Å². The number of anilines is 1. The summed E-state index contributed by atoms with van der Waals surface area (Å²) in [5.41, 5.74) is 0.565. The molecular formula is C18H20N4OS. The molecule has 1 saturated heterocycles. The number of nitrogens with one attached hydrogen (secondary N) is 1. The highest BCUT2D eigenvalue weighted by Crippen LogP contribution is 2.24. The van der Waals surface area contributed by atoms with E-state index in [-0.39, 0.29) is 17.9 Å². The maximum Gasteiger partial charge on any atom is 0.223 e. The van der Waals surface area contributed by atoms with Crippen molar-refractivity contribution in [2.24, 2.45) is 5.92 Å². The molecule has 0 aliphatic carbocycles. The summed E-state index contributed by atoms with van der Waals surface area (Å²) < 4.78 is 0. The molecule has 0 aromatic carbocycles. The lowest BCUT2D eigenvalue weighted by Gasteiger charge is -2.32. The summed E-state index contributed by atoms with van der Waals surface area (Å²) in [6.45, 7) is 3.65. The first-order chi connectivity index (χ1) is 11.7. The first-order valence-electron chi connectivity index (χ1n) is 8.12. The number of hydrogen-bond acceptors (Lipinski definition) is 5. The Hall–Kier alpha value is -2.39. The first kappa shape index (κ1) is 16.5. The SMILES string of the molecule is C[C@@H](NC(=O)C1CCN(c2ccc(C#N)cn2)CC1)c1cccs1. The van der Waals surface area contributed by atoms with E-state index in [1.54, 1.807) is 23.6 Å². The minimum atomic E-state index is 0.0574. The molecule has 5 nitrogen and oxygen atoms in total. The zero-order valence-electron chi connectivity index (χ0n) is 13.6. The molecule has 3 rings (SSSR count). The lowest BCUT2D eigenvalue weighted by Crippen LogP contribution is -2.41. The van der Waals surface area contributed by atoms with E-state index in [1.807, 2.05) is 24.4 Å². The Morgan fingerprint density at radius 1 is 1.42 bits per heavy atom. The van der Waals surface area contributed by atoms with Crippen molar-refractivity contribution in [2.45, 2.75) is 25.8 Å². The van der Waals surface area contributed by atoms with Crippen LogP contribution in [0.3, 0.4) is 0 Å². The van der Waals surface area contributed by atoms with Gasteiger partial charge in [0.25, 0.3) is 0 Å². The number of thiophene rings is 1. The average molecular weight is 340 g/mol. The Morgan fingerprint density at radius 3 is 2.79 bits per heavy atom. The highest BCUT2D eigenvalue weighted by Gasteiger charge is 2.26. The Kier molecular flexibility index (Phi) is 5.11. The average Bonchev–Trinajstić information content (AvgIpc) is 3.17. The molecule has 1 aliphatic heterocycles. The second-order valence-electron chi connectivity index (χ2n) is 6.02. The topological polar surface area (TPSA) is 69.0 Å². The second-order valence-corrected chi connectivity index (χ2v) is 7.00. The number of carbonyl (C=O) groups is 1. The van der Waals surface area contributed by atoms with Gasteiger partial charge in [-0.2, -0.15) is 5.26 Å². The summed E-state index contributed by atoms with van der Waals surface area (Å²) in [5, 5.41) is 14.0. The third-order valence-corrected chi connectivity index (χ3v) is 5.45. The largest absolute Gasteiger partial charge is 0.357 e. The van der Waals surface area contributed by atoms with Gasteiger partial charge in [-0.25, -0.2) is 4.98 Å². The van der Waals surface area contributed by atoms with Crippen molar-refractivity contribution in [3.05, 3.63) is 46.3 Å². The third-order valence-electron chi connectivity index (χ3n) is 4.40. The van der Waals surface area contributed by atoms with E-state index in [4.69, 9.17) is 5.26 Å². The summed E-state index contributed by atoms with van der Waals surface area (Å²) in [7, 11) is 0. The summed E-state index contributed by atoms with van der Waals surface area (Å²) in [6, 6.07) is 9.85. The number of nitriles is 1. The normalized spacial score (nSPS) is 16.4. The molecule has 1 amide bonds. The van der Waals surface area contributed by atoms with Crippen LogP contribution in [0.2, 0.25) is 0 Å². The van der Waals surface area contributed by atoms with Gasteiger partial charge < -0.3 is 10.2 Å². The second kappa shape index (κ2) is 7.45. The molecule has 1 fully saturated rings. The van der Waals surface area contributed by atoms with Gasteiger partial charge in [0.05, 0.1) is 11.6 Å². The van der Waals surface area contributed by atoms with Crippen LogP contribution < -0.4 is 10.2 Å². The minimum absolute atomic E-state index is 0.0574. The van der Waals surface area contributed by atoms with Crippen molar-refractivity contribution >= 4 is 23.1 Å². The molecule has 124 valence electrons. The molecule has 2 aromatic heterocycles. The van der Waals surface area contributed by atoms with Gasteiger partial charge in [0.1, 0.15) is 11.9 Å². The lowest BCUT2D eigenvalue weighted by molar-refractivity contribution is -0.126. The Bertz CT molecular complexity index is 712. The fourth-order valence-corrected chi connectivity index (χ4v) is 3.68. The molecule has 0 bridgehead atoms. The van der Waals surface area contributed by atoms with Crippen LogP contribution in [0, 0.1) is 17.2 Å². The Balaban J connectivity index is 1.52. The number of amides is 1. The van der Waals surface area contributed by atoms with Gasteiger partial charge in [-0.15, -0.1) is 11.3 Å². The van der Waals surface area contributed by atoms with Gasteiger partial charge in [-0.3, -0.25) is 4.79 Å². The van der Waals surface area contributed by atoms with Crippen LogP contribution in [-0.4, -0.2) is 24.0 Å². The van der Waals surface area contributed by atoms with Gasteiger partial charge in [0, 0.05) is 30.1 Å². The summed E-state index contributed by atoms with van der Waals surface area (Å²) in [5.74, 6) is 1.07. The van der Waals surface area contributed by atoms with Crippen molar-refractivity contribution < 1.29 is 4.79 Å². The number of hydrogen-bond donors (Lipinski definition) is 1. The van der Waals surface area contributed by atoms with E-state index in [9.17, 15) is 4.79 Å². The van der Waals surface area contributed by atoms with Gasteiger partial charge in [0.15, 0.2) is 0 Å². The fourth-order valence-electron chi connectivity index (χ4n) is 2.95. The zero-order chi connectivity index (χ0) is 16.9. The quantitative estimate of drug-likeness (QED) is 0.928. The Labute approximate surface area is 145 Å². The molecule has 0 unspecified atom stereocenters. The zero-order valence-corrected chi connectivity index (χ0v) is 14.4. The number of nitrogens with zero attached hydrogens (tertiary/aromatic N) is 3. The van der Waals surface area contributed by atoms with Gasteiger partial charge in [-0.05, 0) is 43.3 Å². The predicted octanol–water partition coefficient (Wildman–Crippen LogP) is 3.11. The first-order valence-corrected chi connectivity index (χ1v) is 9.00. The minimum Gasteiger partial charge on any atom is -0.357 e. The molecule has 0 radical (unpaired) electrons. The van der Waals surface area contributed by atoms with Crippen molar-refractivity contribution in [1.82, 2.24) is 10.3 Å². The highest BCUT2D eigenvalue weighted by molar-refractivity contribution is 7.10. The van der Waals surface area contributed by atoms with E-state index < -0.39 is 0 Å². The summed E-state index contributed by atoms with van der Waals surface area (Å²) in [4.78, 5) is 20.1. The van der Waals surface area contributed by atoms with Crippen molar-refractivity contribution in [3.8, 4) is 6.07 Å². The molecular weight excluding hydrogens is 320 g/mol. The van der Waals surface area contributed by atoms with Crippen LogP contribution in [0.1, 0.15) is 36.2 Å². The van der Waals surface area contributed by atoms with Crippen molar-refractivity contribution in [2.75, 3.05) is 18.0 Å². The molecule has 24 heavy (non-hydrogen) atoms. The molecule has 1 atom stereocenters. The van der Waals surface area contributed by atoms with Gasteiger partial charge in [-0.1, -0.05) is 6.07 Å². The highest BCUT2D eigenvalue weighted by atomic mass is 32.1. The molecule has 6 heteroatoms. The number of piperidine rings is 1. The van der Waals surface area contributed by atoms with Crippen LogP contribution in [0.25, 0.3) is 0 Å². The van der Waals surface area contributed by atoms with E-state index >= 15 is 0 Å². The van der Waals surface area contributed by atoms with E-state index in [0.29, 0.717) is 5.56 Å². The molecule has 2 aromatic rings. The fraction of sp³-hybridized carbons (Fsp3) is 0.389. The van der Waals surface area contributed by atoms with Crippen LogP contribution >= 0.6 is 11.3 Å². The van der Waals surface area contributed by atoms with Gasteiger partial charge >= 0.3 is 0 Å². The van der Waals surface area contributed by atoms with Crippen molar-refractivity contribution in [1.29, 1.82) is 5.26 Å². The monoisotopic (exact) mass is 340 g/mol. The standard InChI is InChI=1S/C18H20N4OS/c1-13(16-3-2-10-24-16)21-18(23)15-6-8-22(9-7-15)17-5-4-14(11-19)12-20-17/h2-5,10,12-13,15H,6-9H2,1H3,(H,21,23)/t13-/m1/s1. The van der Waals surface area contributed by atoms with Crippen LogP contribution in [0.15, 0.2) is 35.8 Å². The van der Waals surface area contributed by atoms with E-state index in [0.717, 1.165) is 31.7 Å². The number of aromatic nitrogens is 1. The smallest absolute Gasteiger partial charge is 0.223 e. The maximum atomic E-state index is 12.5. The number of carbonyl (C=O) groups excluding carboxylic acids is 1. The number of pyridine rings is 1. The number of rotatable bonds is 4. The van der Waals surface area contributed by atoms with Crippen LogP contribution in [0.5, 0.6) is 0 Å². The molecule has 3 heterocycles. The summed E-state index contributed by atoms with van der Waals surface area (Å²) >= 11 is 1.67. The lowest BCUT2D eigenvalue weighted by atomic mass is 9.95. The van der Waals surface area contributed by atoms with Crippen LogP contribution in [0.4, 0.5) is 5.82 Å². The summed E-state index contributed by atoms with van der Waals surface area (Å²) in [6.07, 6.45) is 3.24. The predicted molar refractivity (Wildman–Crippen MR) is 94.8 cm³/mol. The van der Waals surface area contributed by atoms with E-state index in [1.165, 1.54) is 4.88 Å². The van der Waals surface area contributed by atoms with E-state index in [2.05, 4.69) is 27.3 Å².